The van der Waals surface area contributed by atoms with Crippen LogP contribution in [0.15, 0.2) is 42.7 Å². The van der Waals surface area contributed by atoms with Crippen LogP contribution in [0.3, 0.4) is 0 Å². The SMILES string of the molecule is Cc1ccc(C2CC2C(=O)N2CCC(CNc3ncccn3)CC2)cc1. The van der Waals surface area contributed by atoms with Gasteiger partial charge >= 0.3 is 0 Å². The van der Waals surface area contributed by atoms with Crippen LogP contribution in [0.5, 0.6) is 0 Å². The summed E-state index contributed by atoms with van der Waals surface area (Å²) in [5.74, 6) is 2.25. The summed E-state index contributed by atoms with van der Waals surface area (Å²) in [5, 5.41) is 3.30. The number of piperidine rings is 1. The van der Waals surface area contributed by atoms with E-state index in [9.17, 15) is 4.79 Å². The lowest BCUT2D eigenvalue weighted by molar-refractivity contribution is -0.134. The molecule has 2 aliphatic rings. The lowest BCUT2D eigenvalue weighted by Crippen LogP contribution is -2.40. The van der Waals surface area contributed by atoms with Crippen LogP contribution in [-0.2, 0) is 4.79 Å². The lowest BCUT2D eigenvalue weighted by Gasteiger charge is -2.32. The molecule has 1 aromatic carbocycles. The maximum Gasteiger partial charge on any atom is 0.226 e. The van der Waals surface area contributed by atoms with Crippen molar-refractivity contribution in [1.29, 1.82) is 0 Å². The molecule has 136 valence electrons. The van der Waals surface area contributed by atoms with Gasteiger partial charge in [0.15, 0.2) is 0 Å². The van der Waals surface area contributed by atoms with Crippen molar-refractivity contribution in [2.24, 2.45) is 11.8 Å². The fourth-order valence-electron chi connectivity index (χ4n) is 3.87. The number of hydrogen-bond donors (Lipinski definition) is 1. The molecule has 1 aliphatic carbocycles. The molecule has 4 rings (SSSR count). The molecule has 1 aliphatic heterocycles. The first-order valence-corrected chi connectivity index (χ1v) is 9.57. The molecule has 2 fully saturated rings. The van der Waals surface area contributed by atoms with Crippen LogP contribution >= 0.6 is 0 Å². The first-order valence-electron chi connectivity index (χ1n) is 9.57. The van der Waals surface area contributed by atoms with Crippen LogP contribution < -0.4 is 5.32 Å². The molecule has 26 heavy (non-hydrogen) atoms. The maximum absolute atomic E-state index is 12.8. The van der Waals surface area contributed by atoms with Crippen molar-refractivity contribution in [2.45, 2.75) is 32.1 Å². The number of likely N-dealkylation sites (tertiary alicyclic amines) is 1. The van der Waals surface area contributed by atoms with Crippen LogP contribution in [0.2, 0.25) is 0 Å². The van der Waals surface area contributed by atoms with Gasteiger partial charge in [0, 0.05) is 37.9 Å². The number of aryl methyl sites for hydroxylation is 1. The third kappa shape index (κ3) is 3.87. The van der Waals surface area contributed by atoms with Gasteiger partial charge in [-0.05, 0) is 49.7 Å². The molecule has 2 heterocycles. The van der Waals surface area contributed by atoms with Gasteiger partial charge in [-0.2, -0.15) is 0 Å². The van der Waals surface area contributed by atoms with Gasteiger partial charge in [0.2, 0.25) is 11.9 Å². The van der Waals surface area contributed by atoms with Gasteiger partial charge in [0.25, 0.3) is 0 Å². The topological polar surface area (TPSA) is 58.1 Å². The third-order valence-electron chi connectivity index (χ3n) is 5.65. The number of rotatable bonds is 5. The molecule has 2 atom stereocenters. The molecular weight excluding hydrogens is 324 g/mol. The number of aromatic nitrogens is 2. The number of carbonyl (C=O) groups is 1. The molecule has 0 spiro atoms. The normalized spacial score (nSPS) is 22.9. The highest BCUT2D eigenvalue weighted by molar-refractivity contribution is 5.83. The molecule has 0 bridgehead atoms. The molecule has 5 nitrogen and oxygen atoms in total. The molecule has 1 saturated heterocycles. The maximum atomic E-state index is 12.8. The number of nitrogens with zero attached hydrogens (tertiary/aromatic N) is 3. The van der Waals surface area contributed by atoms with Gasteiger partial charge in [-0.25, -0.2) is 9.97 Å². The Morgan fingerprint density at radius 3 is 2.54 bits per heavy atom. The second-order valence-corrected chi connectivity index (χ2v) is 7.58. The zero-order chi connectivity index (χ0) is 17.9. The second kappa shape index (κ2) is 7.44. The minimum absolute atomic E-state index is 0.199. The summed E-state index contributed by atoms with van der Waals surface area (Å²) in [5.41, 5.74) is 2.59. The van der Waals surface area contributed by atoms with Crippen LogP contribution in [0.4, 0.5) is 5.95 Å². The number of carbonyl (C=O) groups excluding carboxylic acids is 1. The first-order chi connectivity index (χ1) is 12.7. The molecule has 1 N–H and O–H groups in total. The Labute approximate surface area is 154 Å². The van der Waals surface area contributed by atoms with Crippen molar-refractivity contribution < 1.29 is 4.79 Å². The molecule has 0 radical (unpaired) electrons. The molecule has 5 heteroatoms. The zero-order valence-corrected chi connectivity index (χ0v) is 15.3. The number of benzene rings is 1. The summed E-state index contributed by atoms with van der Waals surface area (Å²) in [4.78, 5) is 23.3. The second-order valence-electron chi connectivity index (χ2n) is 7.58. The standard InChI is InChI=1S/C21H26N4O/c1-15-3-5-17(6-4-15)18-13-19(18)20(26)25-11-7-16(8-12-25)14-24-21-22-9-2-10-23-21/h2-6,9-10,16,18-19H,7-8,11-14H2,1H3,(H,22,23,24). The van der Waals surface area contributed by atoms with Gasteiger partial charge in [-0.15, -0.1) is 0 Å². The van der Waals surface area contributed by atoms with Crippen molar-refractivity contribution in [2.75, 3.05) is 25.0 Å². The van der Waals surface area contributed by atoms with Crippen molar-refractivity contribution in [1.82, 2.24) is 14.9 Å². The van der Waals surface area contributed by atoms with E-state index in [2.05, 4.69) is 51.4 Å². The fraction of sp³-hybridized carbons (Fsp3) is 0.476. The Morgan fingerprint density at radius 2 is 1.85 bits per heavy atom. The van der Waals surface area contributed by atoms with Crippen LogP contribution in [0.25, 0.3) is 0 Å². The Hall–Kier alpha value is -2.43. The van der Waals surface area contributed by atoms with E-state index in [1.807, 2.05) is 6.07 Å². The first kappa shape index (κ1) is 17.0. The van der Waals surface area contributed by atoms with E-state index >= 15 is 0 Å². The summed E-state index contributed by atoms with van der Waals surface area (Å²) in [7, 11) is 0. The molecule has 1 aromatic heterocycles. The van der Waals surface area contributed by atoms with Crippen LogP contribution in [-0.4, -0.2) is 40.4 Å². The molecule has 2 unspecified atom stereocenters. The Morgan fingerprint density at radius 1 is 1.15 bits per heavy atom. The van der Waals surface area contributed by atoms with Gasteiger partial charge in [-0.3, -0.25) is 4.79 Å². The minimum Gasteiger partial charge on any atom is -0.354 e. The average molecular weight is 350 g/mol. The van der Waals surface area contributed by atoms with Crippen molar-refractivity contribution in [3.05, 3.63) is 53.9 Å². The Balaban J connectivity index is 1.23. The van der Waals surface area contributed by atoms with E-state index in [1.165, 1.54) is 11.1 Å². The van der Waals surface area contributed by atoms with Gasteiger partial charge in [-0.1, -0.05) is 29.8 Å². The summed E-state index contributed by atoms with van der Waals surface area (Å²) in [6, 6.07) is 10.5. The van der Waals surface area contributed by atoms with Gasteiger partial charge in [0.1, 0.15) is 0 Å². The predicted molar refractivity (Wildman–Crippen MR) is 102 cm³/mol. The molecule has 2 aromatic rings. The fourth-order valence-corrected chi connectivity index (χ4v) is 3.87. The van der Waals surface area contributed by atoms with E-state index in [-0.39, 0.29) is 5.92 Å². The zero-order valence-electron chi connectivity index (χ0n) is 15.3. The number of amides is 1. The van der Waals surface area contributed by atoms with Crippen LogP contribution in [0, 0.1) is 18.8 Å². The van der Waals surface area contributed by atoms with E-state index in [4.69, 9.17) is 0 Å². The quantitative estimate of drug-likeness (QED) is 0.899. The van der Waals surface area contributed by atoms with Crippen molar-refractivity contribution >= 4 is 11.9 Å². The van der Waals surface area contributed by atoms with E-state index < -0.39 is 0 Å². The Bertz CT molecular complexity index is 738. The number of anilines is 1. The Kier molecular flexibility index (Phi) is 4.87. The van der Waals surface area contributed by atoms with Gasteiger partial charge < -0.3 is 10.2 Å². The predicted octanol–water partition coefficient (Wildman–Crippen LogP) is 3.24. The summed E-state index contributed by atoms with van der Waals surface area (Å²) in [6.07, 6.45) is 6.60. The smallest absolute Gasteiger partial charge is 0.226 e. The highest BCUT2D eigenvalue weighted by Crippen LogP contribution is 2.48. The van der Waals surface area contributed by atoms with Crippen LogP contribution in [0.1, 0.15) is 36.3 Å². The highest BCUT2D eigenvalue weighted by Gasteiger charge is 2.46. The average Bonchev–Trinajstić information content (AvgIpc) is 3.48. The number of hydrogen-bond acceptors (Lipinski definition) is 4. The molecular formula is C21H26N4O. The summed E-state index contributed by atoms with van der Waals surface area (Å²) >= 11 is 0. The third-order valence-corrected chi connectivity index (χ3v) is 5.65. The minimum atomic E-state index is 0.199. The highest BCUT2D eigenvalue weighted by atomic mass is 16.2. The van der Waals surface area contributed by atoms with E-state index in [1.54, 1.807) is 12.4 Å². The van der Waals surface area contributed by atoms with Gasteiger partial charge in [0.05, 0.1) is 0 Å². The largest absolute Gasteiger partial charge is 0.354 e. The lowest BCUT2D eigenvalue weighted by atomic mass is 9.96. The number of nitrogens with one attached hydrogen (secondary N) is 1. The van der Waals surface area contributed by atoms with Crippen molar-refractivity contribution in [3.63, 3.8) is 0 Å². The van der Waals surface area contributed by atoms with Crippen molar-refractivity contribution in [3.8, 4) is 0 Å². The molecule has 1 amide bonds. The summed E-state index contributed by atoms with van der Waals surface area (Å²) < 4.78 is 0. The van der Waals surface area contributed by atoms with E-state index in [0.29, 0.717) is 23.7 Å². The monoisotopic (exact) mass is 350 g/mol. The van der Waals surface area contributed by atoms with E-state index in [0.717, 1.165) is 38.9 Å². The molecule has 1 saturated carbocycles. The summed E-state index contributed by atoms with van der Waals surface area (Å²) in [6.45, 7) is 4.72.